The first-order valence-electron chi connectivity index (χ1n) is 9.55. The fourth-order valence-corrected chi connectivity index (χ4v) is 3.81. The normalized spacial score (nSPS) is 11.0. The SMILES string of the molecule is CCc1ccc(NC(=O)CSc2nccn3nc(-c4ccc(C)cc4)cc23)cc1. The van der Waals surface area contributed by atoms with Gasteiger partial charge >= 0.3 is 0 Å². The number of amides is 1. The molecule has 5 nitrogen and oxygen atoms in total. The molecule has 0 atom stereocenters. The lowest BCUT2D eigenvalue weighted by molar-refractivity contribution is -0.113. The van der Waals surface area contributed by atoms with Crippen LogP contribution in [-0.4, -0.2) is 26.3 Å². The molecule has 0 aliphatic carbocycles. The third-order valence-corrected chi connectivity index (χ3v) is 5.68. The van der Waals surface area contributed by atoms with Gasteiger partial charge in [0.05, 0.1) is 17.0 Å². The number of aryl methyl sites for hydroxylation is 2. The molecule has 2 aromatic heterocycles. The summed E-state index contributed by atoms with van der Waals surface area (Å²) in [5, 5.41) is 8.37. The largest absolute Gasteiger partial charge is 0.325 e. The number of carbonyl (C=O) groups excluding carboxylic acids is 1. The lowest BCUT2D eigenvalue weighted by Gasteiger charge is -2.06. The summed E-state index contributed by atoms with van der Waals surface area (Å²) >= 11 is 1.41. The standard InChI is InChI=1S/C23H22N4OS/c1-3-17-6-10-19(11-7-17)25-22(28)15-29-23-21-14-20(26-27(21)13-12-24-23)18-8-4-16(2)5-9-18/h4-14H,3,15H2,1-2H3,(H,25,28). The lowest BCUT2D eigenvalue weighted by atomic mass is 10.1. The second-order valence-electron chi connectivity index (χ2n) is 6.85. The molecule has 0 unspecified atom stereocenters. The average Bonchev–Trinajstić information content (AvgIpc) is 3.18. The highest BCUT2D eigenvalue weighted by molar-refractivity contribution is 8.00. The quantitative estimate of drug-likeness (QED) is 0.461. The minimum Gasteiger partial charge on any atom is -0.325 e. The fourth-order valence-electron chi connectivity index (χ4n) is 3.03. The number of aromatic nitrogens is 3. The molecule has 1 N–H and O–H groups in total. The van der Waals surface area contributed by atoms with E-state index >= 15 is 0 Å². The number of carbonyl (C=O) groups is 1. The van der Waals surface area contributed by atoms with Crippen molar-refractivity contribution in [3.63, 3.8) is 0 Å². The van der Waals surface area contributed by atoms with Crippen molar-refractivity contribution in [1.82, 2.24) is 14.6 Å². The van der Waals surface area contributed by atoms with Crippen LogP contribution < -0.4 is 5.32 Å². The maximum Gasteiger partial charge on any atom is 0.234 e. The molecule has 146 valence electrons. The van der Waals surface area contributed by atoms with Crippen LogP contribution in [0, 0.1) is 6.92 Å². The number of nitrogens with one attached hydrogen (secondary N) is 1. The van der Waals surface area contributed by atoms with Gasteiger partial charge in [0.1, 0.15) is 5.03 Å². The van der Waals surface area contributed by atoms with Crippen LogP contribution in [-0.2, 0) is 11.2 Å². The zero-order valence-corrected chi connectivity index (χ0v) is 17.2. The van der Waals surface area contributed by atoms with Crippen molar-refractivity contribution >= 4 is 28.9 Å². The van der Waals surface area contributed by atoms with Gasteiger partial charge < -0.3 is 5.32 Å². The van der Waals surface area contributed by atoms with Crippen molar-refractivity contribution < 1.29 is 4.79 Å². The predicted molar refractivity (Wildman–Crippen MR) is 118 cm³/mol. The summed E-state index contributed by atoms with van der Waals surface area (Å²) < 4.78 is 1.81. The number of rotatable bonds is 6. The first-order chi connectivity index (χ1) is 14.1. The highest BCUT2D eigenvalue weighted by atomic mass is 32.2. The van der Waals surface area contributed by atoms with E-state index in [-0.39, 0.29) is 11.7 Å². The Balaban J connectivity index is 1.47. The smallest absolute Gasteiger partial charge is 0.234 e. The molecule has 0 aliphatic heterocycles. The molecule has 0 radical (unpaired) electrons. The van der Waals surface area contributed by atoms with Crippen molar-refractivity contribution in [3.05, 3.63) is 78.1 Å². The van der Waals surface area contributed by atoms with Crippen molar-refractivity contribution in [2.24, 2.45) is 0 Å². The molecule has 29 heavy (non-hydrogen) atoms. The van der Waals surface area contributed by atoms with Gasteiger partial charge in [-0.1, -0.05) is 60.6 Å². The fraction of sp³-hybridized carbons (Fsp3) is 0.174. The summed E-state index contributed by atoms with van der Waals surface area (Å²) in [5.74, 6) is 0.231. The Bertz CT molecular complexity index is 1130. The Morgan fingerprint density at radius 3 is 2.59 bits per heavy atom. The van der Waals surface area contributed by atoms with E-state index in [1.165, 1.54) is 22.9 Å². The van der Waals surface area contributed by atoms with Crippen LogP contribution in [0.5, 0.6) is 0 Å². The third-order valence-electron chi connectivity index (χ3n) is 4.69. The number of thioether (sulfide) groups is 1. The van der Waals surface area contributed by atoms with Crippen LogP contribution >= 0.6 is 11.8 Å². The number of anilines is 1. The highest BCUT2D eigenvalue weighted by Crippen LogP contribution is 2.26. The number of nitrogens with zero attached hydrogens (tertiary/aromatic N) is 3. The number of hydrogen-bond donors (Lipinski definition) is 1. The highest BCUT2D eigenvalue weighted by Gasteiger charge is 2.11. The minimum atomic E-state index is -0.0543. The molecule has 0 fully saturated rings. The van der Waals surface area contributed by atoms with Gasteiger partial charge in [-0.2, -0.15) is 5.10 Å². The van der Waals surface area contributed by atoms with Crippen LogP contribution in [0.3, 0.4) is 0 Å². The van der Waals surface area contributed by atoms with Gasteiger partial charge in [0.2, 0.25) is 5.91 Å². The average molecular weight is 403 g/mol. The Labute approximate surface area is 174 Å². The summed E-state index contributed by atoms with van der Waals surface area (Å²) in [6, 6.07) is 18.2. The molecule has 0 bridgehead atoms. The molecule has 2 aromatic carbocycles. The molecule has 4 rings (SSSR count). The Kier molecular flexibility index (Phi) is 5.62. The second kappa shape index (κ2) is 8.49. The topological polar surface area (TPSA) is 59.3 Å². The number of fused-ring (bicyclic) bond motifs is 1. The molecule has 0 saturated heterocycles. The first-order valence-corrected chi connectivity index (χ1v) is 10.5. The molecular formula is C23H22N4OS. The van der Waals surface area contributed by atoms with E-state index in [2.05, 4.69) is 53.5 Å². The van der Waals surface area contributed by atoms with E-state index in [0.29, 0.717) is 0 Å². The molecule has 1 amide bonds. The van der Waals surface area contributed by atoms with Gasteiger partial charge in [-0.05, 0) is 37.1 Å². The van der Waals surface area contributed by atoms with Crippen molar-refractivity contribution in [1.29, 1.82) is 0 Å². The zero-order valence-electron chi connectivity index (χ0n) is 16.4. The van der Waals surface area contributed by atoms with Crippen LogP contribution in [0.2, 0.25) is 0 Å². The van der Waals surface area contributed by atoms with Crippen LogP contribution in [0.25, 0.3) is 16.8 Å². The van der Waals surface area contributed by atoms with Crippen LogP contribution in [0.1, 0.15) is 18.1 Å². The zero-order chi connectivity index (χ0) is 20.2. The monoisotopic (exact) mass is 402 g/mol. The van der Waals surface area contributed by atoms with Gasteiger partial charge in [-0.15, -0.1) is 0 Å². The number of benzene rings is 2. The van der Waals surface area contributed by atoms with E-state index in [1.807, 2.05) is 41.0 Å². The van der Waals surface area contributed by atoms with E-state index in [1.54, 1.807) is 6.20 Å². The van der Waals surface area contributed by atoms with E-state index in [9.17, 15) is 4.79 Å². The summed E-state index contributed by atoms with van der Waals surface area (Å²) in [4.78, 5) is 16.8. The van der Waals surface area contributed by atoms with Crippen LogP contribution in [0.4, 0.5) is 5.69 Å². The van der Waals surface area contributed by atoms with Crippen molar-refractivity contribution in [3.8, 4) is 11.3 Å². The number of hydrogen-bond acceptors (Lipinski definition) is 4. The molecule has 2 heterocycles. The van der Waals surface area contributed by atoms with Crippen molar-refractivity contribution in [2.75, 3.05) is 11.1 Å². The molecule has 0 spiro atoms. The maximum atomic E-state index is 12.4. The summed E-state index contributed by atoms with van der Waals surface area (Å²) in [6.45, 7) is 4.17. The van der Waals surface area contributed by atoms with Crippen molar-refractivity contribution in [2.45, 2.75) is 25.3 Å². The lowest BCUT2D eigenvalue weighted by Crippen LogP contribution is -2.14. The maximum absolute atomic E-state index is 12.4. The third kappa shape index (κ3) is 4.49. The first kappa shape index (κ1) is 19.2. The molecule has 0 aliphatic rings. The Morgan fingerprint density at radius 1 is 1.10 bits per heavy atom. The molecule has 6 heteroatoms. The van der Waals surface area contributed by atoms with Gasteiger partial charge in [0, 0.05) is 23.6 Å². The van der Waals surface area contributed by atoms with Gasteiger partial charge in [-0.25, -0.2) is 9.50 Å². The second-order valence-corrected chi connectivity index (χ2v) is 7.81. The molecule has 0 saturated carbocycles. The van der Waals surface area contributed by atoms with E-state index < -0.39 is 0 Å². The van der Waals surface area contributed by atoms with Gasteiger partial charge in [-0.3, -0.25) is 4.79 Å². The Morgan fingerprint density at radius 2 is 1.86 bits per heavy atom. The van der Waals surface area contributed by atoms with Gasteiger partial charge in [0.15, 0.2) is 0 Å². The van der Waals surface area contributed by atoms with Crippen LogP contribution in [0.15, 0.2) is 72.0 Å². The molecule has 4 aromatic rings. The van der Waals surface area contributed by atoms with E-state index in [4.69, 9.17) is 0 Å². The minimum absolute atomic E-state index is 0.0543. The Hall–Kier alpha value is -3.12. The predicted octanol–water partition coefficient (Wildman–Crippen LogP) is 5.00. The summed E-state index contributed by atoms with van der Waals surface area (Å²) in [5.41, 5.74) is 6.12. The van der Waals surface area contributed by atoms with E-state index in [0.717, 1.165) is 33.9 Å². The summed E-state index contributed by atoms with van der Waals surface area (Å²) in [6.07, 6.45) is 4.52. The molecular weight excluding hydrogens is 380 g/mol. The summed E-state index contributed by atoms with van der Waals surface area (Å²) in [7, 11) is 0. The van der Waals surface area contributed by atoms with Gasteiger partial charge in [0.25, 0.3) is 0 Å².